The lowest BCUT2D eigenvalue weighted by molar-refractivity contribution is 0.102. The van der Waals surface area contributed by atoms with Gasteiger partial charge in [-0.2, -0.15) is 0 Å². The van der Waals surface area contributed by atoms with E-state index in [0.29, 0.717) is 5.56 Å². The van der Waals surface area contributed by atoms with Crippen molar-refractivity contribution in [2.45, 2.75) is 6.92 Å². The topological polar surface area (TPSA) is 68.0 Å². The number of rotatable bonds is 2. The molecule has 0 aliphatic carbocycles. The highest BCUT2D eigenvalue weighted by molar-refractivity contribution is 7.09. The average Bonchev–Trinajstić information content (AvgIpc) is 2.86. The number of anilines is 1. The lowest BCUT2D eigenvalue weighted by Gasteiger charge is -2.05. The summed E-state index contributed by atoms with van der Waals surface area (Å²) in [5.41, 5.74) is 6.13. The molecule has 0 unspecified atom stereocenters. The molecule has 3 N–H and O–H groups in total. The van der Waals surface area contributed by atoms with Gasteiger partial charge in [0, 0.05) is 10.9 Å². The summed E-state index contributed by atoms with van der Waals surface area (Å²) in [6, 6.07) is 4.34. The molecule has 0 bridgehead atoms. The highest BCUT2D eigenvalue weighted by Gasteiger charge is 2.12. The van der Waals surface area contributed by atoms with Crippen LogP contribution in [0.15, 0.2) is 23.6 Å². The lowest BCUT2D eigenvalue weighted by Crippen LogP contribution is -2.13. The minimum absolute atomic E-state index is 0.0963. The Hall–Kier alpha value is -2.23. The number of carbonyl (C=O) groups is 1. The predicted octanol–water partition coefficient (Wildman–Crippen LogP) is 2.15. The number of nitrogens with zero attached hydrogens (tertiary/aromatic N) is 1. The fourth-order valence-electron chi connectivity index (χ4n) is 1.50. The maximum absolute atomic E-state index is 13.8. The summed E-state index contributed by atoms with van der Waals surface area (Å²) < 4.78 is 13.8. The molecule has 0 atom stereocenters. The zero-order chi connectivity index (χ0) is 14.5. The third-order valence-electron chi connectivity index (χ3n) is 2.40. The molecule has 0 fully saturated rings. The number of carbonyl (C=O) groups excluding carboxylic acids is 1. The molecule has 0 aliphatic rings. The molecule has 0 spiro atoms. The van der Waals surface area contributed by atoms with Gasteiger partial charge >= 0.3 is 0 Å². The molecular weight excluding hydrogens is 277 g/mol. The van der Waals surface area contributed by atoms with Gasteiger partial charge in [0.15, 0.2) is 0 Å². The van der Waals surface area contributed by atoms with Crippen molar-refractivity contribution in [3.63, 3.8) is 0 Å². The second kappa shape index (κ2) is 6.28. The Kier molecular flexibility index (Phi) is 4.45. The van der Waals surface area contributed by atoms with Crippen LogP contribution in [0.5, 0.6) is 0 Å². The van der Waals surface area contributed by atoms with E-state index in [-0.39, 0.29) is 17.9 Å². The molecule has 1 aromatic carbocycles. The number of hydrogen-bond acceptors (Lipinski definition) is 4. The van der Waals surface area contributed by atoms with Gasteiger partial charge in [-0.15, -0.1) is 11.3 Å². The molecule has 0 aliphatic heterocycles. The summed E-state index contributed by atoms with van der Waals surface area (Å²) in [4.78, 5) is 15.9. The average molecular weight is 289 g/mol. The molecule has 20 heavy (non-hydrogen) atoms. The molecule has 0 saturated heterocycles. The summed E-state index contributed by atoms with van der Waals surface area (Å²) in [6.45, 7) is 2.01. The van der Waals surface area contributed by atoms with Crippen LogP contribution in [-0.4, -0.2) is 17.4 Å². The smallest absolute Gasteiger partial charge is 0.275 e. The minimum Gasteiger partial charge on any atom is -0.320 e. The van der Waals surface area contributed by atoms with E-state index in [2.05, 4.69) is 22.1 Å². The van der Waals surface area contributed by atoms with Gasteiger partial charge in [0.2, 0.25) is 0 Å². The first-order valence-corrected chi connectivity index (χ1v) is 6.70. The van der Waals surface area contributed by atoms with Crippen molar-refractivity contribution < 1.29 is 9.18 Å². The Bertz CT molecular complexity index is 700. The number of halogens is 1. The highest BCUT2D eigenvalue weighted by Crippen LogP contribution is 2.17. The van der Waals surface area contributed by atoms with E-state index in [9.17, 15) is 9.18 Å². The molecule has 4 nitrogen and oxygen atoms in total. The number of aryl methyl sites for hydroxylation is 1. The maximum Gasteiger partial charge on any atom is 0.275 e. The van der Waals surface area contributed by atoms with Gasteiger partial charge < -0.3 is 11.1 Å². The Labute approximate surface area is 119 Å². The van der Waals surface area contributed by atoms with Crippen molar-refractivity contribution in [3.05, 3.63) is 45.7 Å². The predicted molar refractivity (Wildman–Crippen MR) is 77.1 cm³/mol. The van der Waals surface area contributed by atoms with Crippen molar-refractivity contribution in [1.29, 1.82) is 0 Å². The van der Waals surface area contributed by atoms with Gasteiger partial charge in [0.25, 0.3) is 5.91 Å². The van der Waals surface area contributed by atoms with Crippen LogP contribution in [0, 0.1) is 24.6 Å². The molecule has 2 aromatic rings. The normalized spacial score (nSPS) is 9.75. The van der Waals surface area contributed by atoms with E-state index >= 15 is 0 Å². The molecule has 0 radical (unpaired) electrons. The summed E-state index contributed by atoms with van der Waals surface area (Å²) in [6.07, 6.45) is 0. The first-order chi connectivity index (χ1) is 9.60. The van der Waals surface area contributed by atoms with E-state index in [1.807, 2.05) is 0 Å². The molecule has 6 heteroatoms. The van der Waals surface area contributed by atoms with Crippen LogP contribution in [-0.2, 0) is 0 Å². The second-order valence-electron chi connectivity index (χ2n) is 3.91. The molecule has 1 amide bonds. The number of aromatic nitrogens is 1. The zero-order valence-electron chi connectivity index (χ0n) is 10.7. The number of thiazole rings is 1. The fraction of sp³-hybridized carbons (Fsp3) is 0.143. The fourth-order valence-corrected chi connectivity index (χ4v) is 2.09. The van der Waals surface area contributed by atoms with Crippen molar-refractivity contribution in [2.75, 3.05) is 11.9 Å². The van der Waals surface area contributed by atoms with E-state index in [4.69, 9.17) is 5.73 Å². The van der Waals surface area contributed by atoms with Crippen LogP contribution in [0.4, 0.5) is 10.1 Å². The Morgan fingerprint density at radius 3 is 2.95 bits per heavy atom. The minimum atomic E-state index is -0.547. The molecule has 0 saturated carbocycles. The van der Waals surface area contributed by atoms with Crippen molar-refractivity contribution in [3.8, 4) is 11.8 Å². The van der Waals surface area contributed by atoms with E-state index in [0.717, 1.165) is 5.01 Å². The van der Waals surface area contributed by atoms with Crippen molar-refractivity contribution in [2.24, 2.45) is 5.73 Å². The third kappa shape index (κ3) is 3.41. The van der Waals surface area contributed by atoms with Gasteiger partial charge in [-0.25, -0.2) is 9.37 Å². The van der Waals surface area contributed by atoms with Crippen molar-refractivity contribution >= 4 is 22.9 Å². The lowest BCUT2D eigenvalue weighted by atomic mass is 10.2. The number of hydrogen-bond donors (Lipinski definition) is 2. The van der Waals surface area contributed by atoms with Crippen LogP contribution >= 0.6 is 11.3 Å². The first kappa shape index (κ1) is 14.2. The Morgan fingerprint density at radius 2 is 2.35 bits per heavy atom. The Balaban J connectivity index is 2.16. The molecular formula is C14H12FN3OS. The monoisotopic (exact) mass is 289 g/mol. The molecule has 1 aromatic heterocycles. The number of nitrogens with one attached hydrogen (secondary N) is 1. The Morgan fingerprint density at radius 1 is 1.55 bits per heavy atom. The van der Waals surface area contributed by atoms with E-state index < -0.39 is 11.7 Å². The number of benzene rings is 1. The summed E-state index contributed by atoms with van der Waals surface area (Å²) >= 11 is 1.36. The van der Waals surface area contributed by atoms with Crippen LogP contribution < -0.4 is 11.1 Å². The van der Waals surface area contributed by atoms with Crippen LogP contribution in [0.3, 0.4) is 0 Å². The summed E-state index contributed by atoms with van der Waals surface area (Å²) in [5.74, 6) is 4.37. The quantitative estimate of drug-likeness (QED) is 0.832. The standard InChI is InChI=1S/C14H12FN3OS/c1-9-17-13(8-20-9)14(19)18-12-5-4-10(3-2-6-16)7-11(12)15/h4-5,7-8H,6,16H2,1H3,(H,18,19). The zero-order valence-corrected chi connectivity index (χ0v) is 11.6. The third-order valence-corrected chi connectivity index (χ3v) is 3.18. The summed E-state index contributed by atoms with van der Waals surface area (Å²) in [7, 11) is 0. The number of amides is 1. The van der Waals surface area contributed by atoms with Gasteiger partial charge in [0.1, 0.15) is 11.5 Å². The highest BCUT2D eigenvalue weighted by atomic mass is 32.1. The van der Waals surface area contributed by atoms with Crippen molar-refractivity contribution in [1.82, 2.24) is 4.98 Å². The van der Waals surface area contributed by atoms with E-state index in [1.54, 1.807) is 18.4 Å². The summed E-state index contributed by atoms with van der Waals surface area (Å²) in [5, 5.41) is 4.89. The largest absolute Gasteiger partial charge is 0.320 e. The molecule has 102 valence electrons. The van der Waals surface area contributed by atoms with Gasteiger partial charge in [-0.1, -0.05) is 11.8 Å². The SMILES string of the molecule is Cc1nc(C(=O)Nc2ccc(C#CCN)cc2F)cs1. The maximum atomic E-state index is 13.8. The van der Waals surface area contributed by atoms with Gasteiger partial charge in [0.05, 0.1) is 17.2 Å². The number of nitrogens with two attached hydrogens (primary N) is 1. The van der Waals surface area contributed by atoms with Crippen LogP contribution in [0.25, 0.3) is 0 Å². The van der Waals surface area contributed by atoms with Gasteiger partial charge in [-0.3, -0.25) is 4.79 Å². The molecule has 2 rings (SSSR count). The first-order valence-electron chi connectivity index (χ1n) is 5.82. The van der Waals surface area contributed by atoms with Gasteiger partial charge in [-0.05, 0) is 25.1 Å². The van der Waals surface area contributed by atoms with Crippen LogP contribution in [0.2, 0.25) is 0 Å². The second-order valence-corrected chi connectivity index (χ2v) is 4.97. The molecule has 1 heterocycles. The van der Waals surface area contributed by atoms with Crippen LogP contribution in [0.1, 0.15) is 21.1 Å². The van der Waals surface area contributed by atoms with E-state index in [1.165, 1.54) is 23.5 Å².